The van der Waals surface area contributed by atoms with Gasteiger partial charge >= 0.3 is 0 Å². The van der Waals surface area contributed by atoms with Crippen molar-refractivity contribution in [3.63, 3.8) is 0 Å². The van der Waals surface area contributed by atoms with Gasteiger partial charge in [0.25, 0.3) is 5.91 Å². The van der Waals surface area contributed by atoms with Crippen LogP contribution in [0.4, 0.5) is 0 Å². The van der Waals surface area contributed by atoms with Gasteiger partial charge in [0.15, 0.2) is 6.61 Å². The summed E-state index contributed by atoms with van der Waals surface area (Å²) in [4.78, 5) is 14.5. The monoisotopic (exact) mass is 444 g/mol. The number of rotatable bonds is 9. The highest BCUT2D eigenvalue weighted by molar-refractivity contribution is 8.16. The number of hydrogen-bond donors (Lipinski definition) is 1. The molecule has 1 N–H and O–H groups in total. The molecule has 0 aliphatic carbocycles. The molecule has 2 aromatic rings. The van der Waals surface area contributed by atoms with Crippen molar-refractivity contribution in [3.05, 3.63) is 65.2 Å². The Morgan fingerprint density at radius 1 is 1.10 bits per heavy atom. The number of benzene rings is 2. The number of amides is 1. The molecular weight excluding hydrogens is 412 g/mol. The first-order valence-electron chi connectivity index (χ1n) is 10.5. The van der Waals surface area contributed by atoms with Crippen LogP contribution in [0.2, 0.25) is 0 Å². The predicted molar refractivity (Wildman–Crippen MR) is 129 cm³/mol. The maximum atomic E-state index is 12.3. The molecule has 1 amide bonds. The van der Waals surface area contributed by atoms with Crippen LogP contribution in [0.15, 0.2) is 48.5 Å². The van der Waals surface area contributed by atoms with Crippen LogP contribution in [0.25, 0.3) is 0 Å². The summed E-state index contributed by atoms with van der Waals surface area (Å²) in [7, 11) is 4.07. The van der Waals surface area contributed by atoms with Crippen molar-refractivity contribution in [2.75, 3.05) is 38.8 Å². The summed E-state index contributed by atoms with van der Waals surface area (Å²) < 4.78 is 6.22. The maximum Gasteiger partial charge on any atom is 0.258 e. The van der Waals surface area contributed by atoms with E-state index >= 15 is 0 Å². The van der Waals surface area contributed by atoms with E-state index in [1.165, 1.54) is 34.6 Å². The number of likely N-dealkylation sites (N-methyl/N-ethyl adjacent to an activating group) is 1. The lowest BCUT2D eigenvalue weighted by Crippen LogP contribution is -2.36. The normalized spacial score (nSPS) is 15.7. The molecular formula is C24H32N2O2S2. The van der Waals surface area contributed by atoms with Gasteiger partial charge in [0, 0.05) is 6.54 Å². The fourth-order valence-electron chi connectivity index (χ4n) is 3.39. The SMILES string of the molecule is CCc1ccc(C(CNC(=O)COc2ccc(C3SCCCS3)cc2)N(C)C)cc1. The van der Waals surface area contributed by atoms with Gasteiger partial charge in [-0.3, -0.25) is 4.79 Å². The number of aryl methyl sites for hydroxylation is 1. The number of nitrogens with zero attached hydrogens (tertiary/aromatic N) is 1. The zero-order valence-electron chi connectivity index (χ0n) is 18.1. The molecule has 162 valence electrons. The van der Waals surface area contributed by atoms with E-state index in [2.05, 4.69) is 53.5 Å². The lowest BCUT2D eigenvalue weighted by molar-refractivity contribution is -0.123. The Labute approximate surface area is 189 Å². The van der Waals surface area contributed by atoms with Crippen molar-refractivity contribution in [2.24, 2.45) is 0 Å². The van der Waals surface area contributed by atoms with E-state index < -0.39 is 0 Å². The van der Waals surface area contributed by atoms with Crippen molar-refractivity contribution < 1.29 is 9.53 Å². The summed E-state index contributed by atoms with van der Waals surface area (Å²) in [6, 6.07) is 16.9. The summed E-state index contributed by atoms with van der Waals surface area (Å²) in [5.74, 6) is 3.09. The highest BCUT2D eigenvalue weighted by Crippen LogP contribution is 2.43. The Morgan fingerprint density at radius 3 is 2.37 bits per heavy atom. The van der Waals surface area contributed by atoms with Crippen LogP contribution in [0.5, 0.6) is 5.75 Å². The molecule has 3 rings (SSSR count). The fourth-order valence-corrected chi connectivity index (χ4v) is 6.28. The smallest absolute Gasteiger partial charge is 0.258 e. The first kappa shape index (κ1) is 23.0. The Hall–Kier alpha value is -1.63. The minimum atomic E-state index is -0.102. The Balaban J connectivity index is 1.47. The second-order valence-electron chi connectivity index (χ2n) is 7.66. The molecule has 1 aliphatic heterocycles. The van der Waals surface area contributed by atoms with Crippen LogP contribution < -0.4 is 10.1 Å². The number of nitrogens with one attached hydrogen (secondary N) is 1. The second-order valence-corrected chi connectivity index (χ2v) is 10.4. The topological polar surface area (TPSA) is 41.6 Å². The average Bonchev–Trinajstić information content (AvgIpc) is 2.79. The van der Waals surface area contributed by atoms with Crippen LogP contribution in [-0.2, 0) is 11.2 Å². The van der Waals surface area contributed by atoms with Crippen molar-refractivity contribution in [1.82, 2.24) is 10.2 Å². The molecule has 1 aliphatic rings. The first-order valence-corrected chi connectivity index (χ1v) is 12.6. The lowest BCUT2D eigenvalue weighted by Gasteiger charge is -2.25. The van der Waals surface area contributed by atoms with E-state index in [0.717, 1.165) is 12.2 Å². The second kappa shape index (κ2) is 11.7. The standard InChI is InChI=1S/C24H32N2O2S2/c1-4-18-6-8-19(9-7-18)22(26(2)3)16-25-23(27)17-28-21-12-10-20(11-13-21)24-29-14-5-15-30-24/h6-13,22,24H,4-5,14-17H2,1-3H3,(H,25,27). The van der Waals surface area contributed by atoms with E-state index in [1.54, 1.807) is 0 Å². The molecule has 0 radical (unpaired) electrons. The van der Waals surface area contributed by atoms with Crippen LogP contribution in [-0.4, -0.2) is 49.6 Å². The van der Waals surface area contributed by atoms with Gasteiger partial charge in [-0.25, -0.2) is 0 Å². The Kier molecular flexibility index (Phi) is 8.97. The van der Waals surface area contributed by atoms with E-state index in [1.807, 2.05) is 49.8 Å². The molecule has 6 heteroatoms. The fraction of sp³-hybridized carbons (Fsp3) is 0.458. The summed E-state index contributed by atoms with van der Waals surface area (Å²) in [5, 5.41) is 3.01. The minimum absolute atomic E-state index is 0.0290. The number of ether oxygens (including phenoxy) is 1. The molecule has 1 heterocycles. The van der Waals surface area contributed by atoms with E-state index in [-0.39, 0.29) is 18.6 Å². The largest absolute Gasteiger partial charge is 0.484 e. The lowest BCUT2D eigenvalue weighted by atomic mass is 10.0. The van der Waals surface area contributed by atoms with E-state index in [9.17, 15) is 4.79 Å². The van der Waals surface area contributed by atoms with Crippen LogP contribution in [0.3, 0.4) is 0 Å². The van der Waals surface area contributed by atoms with Crippen molar-refractivity contribution in [3.8, 4) is 5.75 Å². The molecule has 0 bridgehead atoms. The number of hydrogen-bond acceptors (Lipinski definition) is 5. The molecule has 4 nitrogen and oxygen atoms in total. The van der Waals surface area contributed by atoms with Gasteiger partial charge in [-0.1, -0.05) is 43.3 Å². The molecule has 1 saturated heterocycles. The van der Waals surface area contributed by atoms with Gasteiger partial charge in [-0.05, 0) is 67.3 Å². The van der Waals surface area contributed by atoms with Gasteiger partial charge in [0.05, 0.1) is 10.6 Å². The van der Waals surface area contributed by atoms with Gasteiger partial charge in [-0.2, -0.15) is 0 Å². The summed E-state index contributed by atoms with van der Waals surface area (Å²) in [5.41, 5.74) is 3.84. The van der Waals surface area contributed by atoms with Gasteiger partial charge in [-0.15, -0.1) is 23.5 Å². The molecule has 1 unspecified atom stereocenters. The third-order valence-corrected chi connectivity index (χ3v) is 8.25. The van der Waals surface area contributed by atoms with E-state index in [4.69, 9.17) is 4.74 Å². The number of thioether (sulfide) groups is 2. The third-order valence-electron chi connectivity index (χ3n) is 5.24. The Bertz CT molecular complexity index is 788. The summed E-state index contributed by atoms with van der Waals surface area (Å²) in [6.07, 6.45) is 2.32. The van der Waals surface area contributed by atoms with Gasteiger partial charge < -0.3 is 15.0 Å². The van der Waals surface area contributed by atoms with Crippen LogP contribution >= 0.6 is 23.5 Å². The van der Waals surface area contributed by atoms with Crippen LogP contribution in [0.1, 0.15) is 40.7 Å². The highest BCUT2D eigenvalue weighted by atomic mass is 32.2. The van der Waals surface area contributed by atoms with Crippen molar-refractivity contribution in [1.29, 1.82) is 0 Å². The van der Waals surface area contributed by atoms with Gasteiger partial charge in [0.2, 0.25) is 0 Å². The van der Waals surface area contributed by atoms with E-state index in [0.29, 0.717) is 11.1 Å². The third kappa shape index (κ3) is 6.69. The zero-order chi connectivity index (χ0) is 21.3. The average molecular weight is 445 g/mol. The van der Waals surface area contributed by atoms with Gasteiger partial charge in [0.1, 0.15) is 5.75 Å². The maximum absolute atomic E-state index is 12.3. The molecule has 1 fully saturated rings. The first-order chi connectivity index (χ1) is 14.6. The number of carbonyl (C=O) groups is 1. The van der Waals surface area contributed by atoms with Crippen molar-refractivity contribution >= 4 is 29.4 Å². The minimum Gasteiger partial charge on any atom is -0.484 e. The molecule has 2 aromatic carbocycles. The highest BCUT2D eigenvalue weighted by Gasteiger charge is 2.17. The molecule has 0 saturated carbocycles. The molecule has 1 atom stereocenters. The molecule has 0 aromatic heterocycles. The summed E-state index contributed by atoms with van der Waals surface area (Å²) in [6.45, 7) is 2.73. The molecule has 0 spiro atoms. The van der Waals surface area contributed by atoms with Crippen molar-refractivity contribution in [2.45, 2.75) is 30.4 Å². The Morgan fingerprint density at radius 2 is 1.77 bits per heavy atom. The predicted octanol–water partition coefficient (Wildman–Crippen LogP) is 4.92. The van der Waals surface area contributed by atoms with Crippen LogP contribution in [0, 0.1) is 0 Å². The quantitative estimate of drug-likeness (QED) is 0.595. The number of carbonyl (C=O) groups excluding carboxylic acids is 1. The summed E-state index contributed by atoms with van der Waals surface area (Å²) >= 11 is 4.01. The zero-order valence-corrected chi connectivity index (χ0v) is 19.7. The molecule has 30 heavy (non-hydrogen) atoms.